The minimum atomic E-state index is -0.586. The molecule has 0 bridgehead atoms. The zero-order chi connectivity index (χ0) is 17.9. The molecule has 0 amide bonds. The van der Waals surface area contributed by atoms with Crippen molar-refractivity contribution in [3.8, 4) is 5.75 Å². The standard InChI is InChI=1S/C19H27NO5/c1-22-10-8-20(12-16-5-3-6-18(11-16)23-2)13-17(21)14-24-15-19-7-4-9-25-19/h3-7,9,11,17,21H,8,10,12-15H2,1-2H3/t17-/m0/s1. The monoisotopic (exact) mass is 349 g/mol. The minimum absolute atomic E-state index is 0.252. The largest absolute Gasteiger partial charge is 0.497 e. The molecule has 0 fully saturated rings. The highest BCUT2D eigenvalue weighted by Crippen LogP contribution is 2.14. The summed E-state index contributed by atoms with van der Waals surface area (Å²) in [6.45, 7) is 3.14. The third kappa shape index (κ3) is 7.27. The van der Waals surface area contributed by atoms with Gasteiger partial charge in [-0.1, -0.05) is 12.1 Å². The Morgan fingerprint density at radius 2 is 2.08 bits per heavy atom. The summed E-state index contributed by atoms with van der Waals surface area (Å²) in [5.41, 5.74) is 1.12. The Labute approximate surface area is 148 Å². The Bertz CT molecular complexity index is 587. The van der Waals surface area contributed by atoms with Crippen molar-refractivity contribution >= 4 is 0 Å². The van der Waals surface area contributed by atoms with Crippen LogP contribution in [0.1, 0.15) is 11.3 Å². The SMILES string of the molecule is COCCN(Cc1cccc(OC)c1)C[C@H](O)COCc1ccco1. The van der Waals surface area contributed by atoms with Crippen LogP contribution in [0.2, 0.25) is 0 Å². The number of hydrogen-bond donors (Lipinski definition) is 1. The van der Waals surface area contributed by atoms with Crippen molar-refractivity contribution in [2.75, 3.05) is 40.5 Å². The molecule has 25 heavy (non-hydrogen) atoms. The van der Waals surface area contributed by atoms with Gasteiger partial charge in [0.15, 0.2) is 0 Å². The van der Waals surface area contributed by atoms with Crippen molar-refractivity contribution in [1.29, 1.82) is 0 Å². The van der Waals surface area contributed by atoms with Gasteiger partial charge in [-0.3, -0.25) is 4.90 Å². The lowest BCUT2D eigenvalue weighted by molar-refractivity contribution is 0.000482. The van der Waals surface area contributed by atoms with Gasteiger partial charge in [0.1, 0.15) is 18.1 Å². The number of hydrogen-bond acceptors (Lipinski definition) is 6. The molecule has 1 atom stereocenters. The summed E-state index contributed by atoms with van der Waals surface area (Å²) < 4.78 is 21.2. The van der Waals surface area contributed by atoms with Crippen LogP contribution in [-0.4, -0.2) is 56.6 Å². The van der Waals surface area contributed by atoms with Crippen LogP contribution in [0.5, 0.6) is 5.75 Å². The lowest BCUT2D eigenvalue weighted by atomic mass is 10.2. The molecule has 6 nitrogen and oxygen atoms in total. The van der Waals surface area contributed by atoms with Crippen molar-refractivity contribution in [3.63, 3.8) is 0 Å². The minimum Gasteiger partial charge on any atom is -0.497 e. The van der Waals surface area contributed by atoms with Crippen LogP contribution in [0.25, 0.3) is 0 Å². The molecular weight excluding hydrogens is 322 g/mol. The van der Waals surface area contributed by atoms with Crippen LogP contribution >= 0.6 is 0 Å². The van der Waals surface area contributed by atoms with E-state index in [2.05, 4.69) is 4.90 Å². The first-order valence-electron chi connectivity index (χ1n) is 8.33. The predicted molar refractivity (Wildman–Crippen MR) is 94.5 cm³/mol. The molecule has 0 radical (unpaired) electrons. The van der Waals surface area contributed by atoms with Crippen molar-refractivity contribution in [2.45, 2.75) is 19.3 Å². The third-order valence-electron chi connectivity index (χ3n) is 3.76. The first kappa shape index (κ1) is 19.5. The van der Waals surface area contributed by atoms with E-state index in [4.69, 9.17) is 18.6 Å². The Balaban J connectivity index is 1.82. The summed E-state index contributed by atoms with van der Waals surface area (Å²) in [7, 11) is 3.33. The Kier molecular flexibility index (Phi) is 8.48. The van der Waals surface area contributed by atoms with E-state index in [0.717, 1.165) is 23.6 Å². The summed E-state index contributed by atoms with van der Waals surface area (Å²) in [6, 6.07) is 11.6. The maximum Gasteiger partial charge on any atom is 0.129 e. The zero-order valence-corrected chi connectivity index (χ0v) is 14.9. The fraction of sp³-hybridized carbons (Fsp3) is 0.474. The molecule has 0 saturated heterocycles. The molecular formula is C19H27NO5. The van der Waals surface area contributed by atoms with Crippen molar-refractivity contribution < 1.29 is 23.7 Å². The van der Waals surface area contributed by atoms with Gasteiger partial charge in [0, 0.05) is 26.7 Å². The molecule has 1 N–H and O–H groups in total. The molecule has 138 valence electrons. The number of furan rings is 1. The second-order valence-corrected chi connectivity index (χ2v) is 5.83. The van der Waals surface area contributed by atoms with Gasteiger partial charge in [0.25, 0.3) is 0 Å². The number of benzene rings is 1. The highest BCUT2D eigenvalue weighted by molar-refractivity contribution is 5.28. The van der Waals surface area contributed by atoms with Gasteiger partial charge in [-0.25, -0.2) is 0 Å². The predicted octanol–water partition coefficient (Wildman–Crippen LogP) is 2.31. The molecule has 6 heteroatoms. The molecule has 0 aliphatic carbocycles. The van der Waals surface area contributed by atoms with Crippen LogP contribution in [0.15, 0.2) is 47.1 Å². The van der Waals surface area contributed by atoms with Gasteiger partial charge >= 0.3 is 0 Å². The smallest absolute Gasteiger partial charge is 0.129 e. The van der Waals surface area contributed by atoms with E-state index in [1.807, 2.05) is 36.4 Å². The molecule has 2 rings (SSSR count). The Hall–Kier alpha value is -1.86. The first-order chi connectivity index (χ1) is 12.2. The maximum absolute atomic E-state index is 10.3. The fourth-order valence-corrected chi connectivity index (χ4v) is 2.53. The number of rotatable bonds is 12. The lowest BCUT2D eigenvalue weighted by Gasteiger charge is -2.25. The van der Waals surface area contributed by atoms with Gasteiger partial charge in [-0.05, 0) is 29.8 Å². The number of nitrogens with zero attached hydrogens (tertiary/aromatic N) is 1. The molecule has 0 aliphatic rings. The van der Waals surface area contributed by atoms with Crippen LogP contribution in [-0.2, 0) is 22.6 Å². The molecule has 0 aliphatic heterocycles. The quantitative estimate of drug-likeness (QED) is 0.634. The van der Waals surface area contributed by atoms with Gasteiger partial charge in [-0.15, -0.1) is 0 Å². The average Bonchev–Trinajstić information content (AvgIpc) is 3.13. The fourth-order valence-electron chi connectivity index (χ4n) is 2.53. The molecule has 0 saturated carbocycles. The summed E-state index contributed by atoms with van der Waals surface area (Å²) in [6.07, 6.45) is 1.02. The van der Waals surface area contributed by atoms with Gasteiger partial charge in [-0.2, -0.15) is 0 Å². The van der Waals surface area contributed by atoms with E-state index >= 15 is 0 Å². The van der Waals surface area contributed by atoms with Crippen molar-refractivity contribution in [3.05, 3.63) is 54.0 Å². The number of methoxy groups -OCH3 is 2. The van der Waals surface area contributed by atoms with Crippen LogP contribution < -0.4 is 4.74 Å². The van der Waals surface area contributed by atoms with Gasteiger partial charge in [0.2, 0.25) is 0 Å². The lowest BCUT2D eigenvalue weighted by Crippen LogP contribution is -2.36. The highest BCUT2D eigenvalue weighted by Gasteiger charge is 2.13. The van der Waals surface area contributed by atoms with E-state index in [0.29, 0.717) is 26.3 Å². The number of ether oxygens (including phenoxy) is 3. The molecule has 2 aromatic rings. The molecule has 0 unspecified atom stereocenters. The van der Waals surface area contributed by atoms with Crippen LogP contribution in [0, 0.1) is 0 Å². The average molecular weight is 349 g/mol. The Morgan fingerprint density at radius 1 is 1.20 bits per heavy atom. The molecule has 0 spiro atoms. The van der Waals surface area contributed by atoms with Crippen LogP contribution in [0.4, 0.5) is 0 Å². The topological polar surface area (TPSA) is 64.3 Å². The molecule has 1 heterocycles. The highest BCUT2D eigenvalue weighted by atomic mass is 16.5. The second kappa shape index (κ2) is 10.9. The van der Waals surface area contributed by atoms with E-state index in [1.54, 1.807) is 20.5 Å². The molecule has 1 aromatic carbocycles. The summed E-state index contributed by atoms with van der Waals surface area (Å²) >= 11 is 0. The van der Waals surface area contributed by atoms with Crippen molar-refractivity contribution in [2.24, 2.45) is 0 Å². The normalized spacial score (nSPS) is 12.5. The summed E-state index contributed by atoms with van der Waals surface area (Å²) in [4.78, 5) is 2.14. The second-order valence-electron chi connectivity index (χ2n) is 5.83. The zero-order valence-electron chi connectivity index (χ0n) is 14.9. The van der Waals surface area contributed by atoms with E-state index in [1.165, 1.54) is 0 Å². The van der Waals surface area contributed by atoms with E-state index in [-0.39, 0.29) is 6.61 Å². The van der Waals surface area contributed by atoms with E-state index < -0.39 is 6.10 Å². The third-order valence-corrected chi connectivity index (χ3v) is 3.76. The van der Waals surface area contributed by atoms with Gasteiger partial charge in [0.05, 0.1) is 32.7 Å². The maximum atomic E-state index is 10.3. The Morgan fingerprint density at radius 3 is 2.80 bits per heavy atom. The van der Waals surface area contributed by atoms with Crippen molar-refractivity contribution in [1.82, 2.24) is 4.90 Å². The first-order valence-corrected chi connectivity index (χ1v) is 8.33. The van der Waals surface area contributed by atoms with E-state index in [9.17, 15) is 5.11 Å². The molecule has 1 aromatic heterocycles. The summed E-state index contributed by atoms with van der Waals surface area (Å²) in [5, 5.41) is 10.3. The number of aliphatic hydroxyl groups excluding tert-OH is 1. The summed E-state index contributed by atoms with van der Waals surface area (Å²) in [5.74, 6) is 1.58. The van der Waals surface area contributed by atoms with Gasteiger partial charge < -0.3 is 23.7 Å². The van der Waals surface area contributed by atoms with Crippen LogP contribution in [0.3, 0.4) is 0 Å². The number of aliphatic hydroxyl groups is 1.